The number of alkyl halides is 1. The average Bonchev–Trinajstić information content (AvgIpc) is 2.78. The van der Waals surface area contributed by atoms with Crippen LogP contribution >= 0.6 is 11.6 Å². The van der Waals surface area contributed by atoms with Crippen LogP contribution in [-0.2, 0) is 12.8 Å². The van der Waals surface area contributed by atoms with E-state index in [1.54, 1.807) is 0 Å². The smallest absolute Gasteiger partial charge is 0.0619 e. The number of hydrogen-bond donors (Lipinski definition) is 0. The van der Waals surface area contributed by atoms with Gasteiger partial charge >= 0.3 is 0 Å². The maximum Gasteiger partial charge on any atom is 0.0619 e. The van der Waals surface area contributed by atoms with E-state index in [-0.39, 0.29) is 5.38 Å². The van der Waals surface area contributed by atoms with Crippen LogP contribution in [0.1, 0.15) is 34.9 Å². The van der Waals surface area contributed by atoms with Gasteiger partial charge in [0.2, 0.25) is 0 Å². The average molecular weight is 271 g/mol. The molecular weight excluding hydrogens is 252 g/mol. The van der Waals surface area contributed by atoms with Gasteiger partial charge in [-0.2, -0.15) is 0 Å². The van der Waals surface area contributed by atoms with E-state index in [0.717, 1.165) is 12.8 Å². The molecule has 0 saturated heterocycles. The van der Waals surface area contributed by atoms with Gasteiger partial charge in [-0.1, -0.05) is 54.6 Å². The van der Waals surface area contributed by atoms with E-state index < -0.39 is 0 Å². The molecule has 2 unspecified atom stereocenters. The molecule has 19 heavy (non-hydrogen) atoms. The van der Waals surface area contributed by atoms with Crippen molar-refractivity contribution in [3.63, 3.8) is 0 Å². The number of benzene rings is 2. The second kappa shape index (κ2) is 5.79. The summed E-state index contributed by atoms with van der Waals surface area (Å²) in [4.78, 5) is 0. The molecule has 0 saturated carbocycles. The summed E-state index contributed by atoms with van der Waals surface area (Å²) < 4.78 is 0. The highest BCUT2D eigenvalue weighted by Crippen LogP contribution is 2.42. The quantitative estimate of drug-likeness (QED) is 0.673. The van der Waals surface area contributed by atoms with Crippen molar-refractivity contribution < 1.29 is 0 Å². The number of fused-ring (bicyclic) bond motifs is 1. The van der Waals surface area contributed by atoms with Crippen molar-refractivity contribution in [2.75, 3.05) is 0 Å². The predicted molar refractivity (Wildman–Crippen MR) is 81.6 cm³/mol. The molecule has 98 valence electrons. The lowest BCUT2D eigenvalue weighted by molar-refractivity contribution is 0.481. The fourth-order valence-electron chi connectivity index (χ4n) is 3.09. The van der Waals surface area contributed by atoms with Crippen LogP contribution in [0.25, 0.3) is 0 Å². The zero-order chi connectivity index (χ0) is 13.1. The van der Waals surface area contributed by atoms with E-state index >= 15 is 0 Å². The normalized spacial score (nSPS) is 21.3. The molecule has 2 atom stereocenters. The molecule has 1 aliphatic rings. The van der Waals surface area contributed by atoms with Gasteiger partial charge < -0.3 is 0 Å². The highest BCUT2D eigenvalue weighted by Gasteiger charge is 2.29. The van der Waals surface area contributed by atoms with Crippen LogP contribution in [0.2, 0.25) is 0 Å². The SMILES string of the molecule is ClC1c2ccccc2CC1CCCc1ccccc1. The standard InChI is InChI=1S/C18H19Cl/c19-18-16(13-15-10-4-5-12-17(15)18)11-6-9-14-7-2-1-3-8-14/h1-5,7-8,10,12,16,18H,6,9,11,13H2. The molecule has 1 aliphatic carbocycles. The monoisotopic (exact) mass is 270 g/mol. The number of rotatable bonds is 4. The summed E-state index contributed by atoms with van der Waals surface area (Å²) in [5.74, 6) is 0.614. The highest BCUT2D eigenvalue weighted by molar-refractivity contribution is 6.21. The Morgan fingerprint density at radius 1 is 0.947 bits per heavy atom. The first-order chi connectivity index (χ1) is 9.34. The summed E-state index contributed by atoms with van der Waals surface area (Å²) in [7, 11) is 0. The zero-order valence-corrected chi connectivity index (χ0v) is 11.8. The summed E-state index contributed by atoms with van der Waals surface area (Å²) >= 11 is 6.59. The van der Waals surface area contributed by atoms with Crippen molar-refractivity contribution >= 4 is 11.6 Å². The first-order valence-electron chi connectivity index (χ1n) is 7.10. The molecule has 0 aromatic heterocycles. The Hall–Kier alpha value is -1.27. The third-order valence-electron chi connectivity index (χ3n) is 4.13. The minimum absolute atomic E-state index is 0.215. The summed E-state index contributed by atoms with van der Waals surface area (Å²) in [6, 6.07) is 19.4. The predicted octanol–water partition coefficient (Wildman–Crippen LogP) is 5.16. The van der Waals surface area contributed by atoms with Gasteiger partial charge in [0.15, 0.2) is 0 Å². The Morgan fingerprint density at radius 2 is 1.68 bits per heavy atom. The molecule has 0 fully saturated rings. The topological polar surface area (TPSA) is 0 Å². The van der Waals surface area contributed by atoms with E-state index in [0.29, 0.717) is 5.92 Å². The minimum Gasteiger partial charge on any atom is -0.117 e. The van der Waals surface area contributed by atoms with Crippen molar-refractivity contribution in [1.82, 2.24) is 0 Å². The van der Waals surface area contributed by atoms with Gasteiger partial charge in [-0.25, -0.2) is 0 Å². The maximum atomic E-state index is 6.59. The first kappa shape index (κ1) is 12.7. The lowest BCUT2D eigenvalue weighted by atomic mass is 9.97. The van der Waals surface area contributed by atoms with Gasteiger partial charge in [-0.05, 0) is 48.3 Å². The van der Waals surface area contributed by atoms with E-state index in [2.05, 4.69) is 54.6 Å². The molecule has 0 nitrogen and oxygen atoms in total. The lowest BCUT2D eigenvalue weighted by Gasteiger charge is -2.13. The lowest BCUT2D eigenvalue weighted by Crippen LogP contribution is -2.03. The van der Waals surface area contributed by atoms with Gasteiger partial charge in [-0.15, -0.1) is 11.6 Å². The maximum absolute atomic E-state index is 6.59. The van der Waals surface area contributed by atoms with Crippen LogP contribution in [-0.4, -0.2) is 0 Å². The summed E-state index contributed by atoms with van der Waals surface area (Å²) in [6.07, 6.45) is 4.76. The van der Waals surface area contributed by atoms with Crippen LogP contribution in [0.15, 0.2) is 54.6 Å². The number of aryl methyl sites for hydroxylation is 1. The van der Waals surface area contributed by atoms with Gasteiger partial charge in [0.25, 0.3) is 0 Å². The first-order valence-corrected chi connectivity index (χ1v) is 7.54. The van der Waals surface area contributed by atoms with Crippen LogP contribution in [0.4, 0.5) is 0 Å². The molecular formula is C18H19Cl. The number of hydrogen-bond acceptors (Lipinski definition) is 0. The van der Waals surface area contributed by atoms with Crippen LogP contribution in [0, 0.1) is 5.92 Å². The van der Waals surface area contributed by atoms with E-state index in [1.165, 1.54) is 29.5 Å². The molecule has 2 aromatic carbocycles. The molecule has 0 N–H and O–H groups in total. The zero-order valence-electron chi connectivity index (χ0n) is 11.1. The number of halogens is 1. The Morgan fingerprint density at radius 3 is 2.47 bits per heavy atom. The summed E-state index contributed by atoms with van der Waals surface area (Å²) in [5.41, 5.74) is 4.24. The fraction of sp³-hybridized carbons (Fsp3) is 0.333. The Labute approximate surface area is 120 Å². The van der Waals surface area contributed by atoms with Crippen molar-refractivity contribution in [2.45, 2.75) is 31.1 Å². The van der Waals surface area contributed by atoms with Crippen molar-refractivity contribution in [3.8, 4) is 0 Å². The molecule has 0 radical (unpaired) electrons. The molecule has 0 aliphatic heterocycles. The van der Waals surface area contributed by atoms with Crippen LogP contribution in [0.3, 0.4) is 0 Å². The van der Waals surface area contributed by atoms with Crippen molar-refractivity contribution in [2.24, 2.45) is 5.92 Å². The van der Waals surface area contributed by atoms with Crippen molar-refractivity contribution in [1.29, 1.82) is 0 Å². The van der Waals surface area contributed by atoms with Gasteiger partial charge in [0.1, 0.15) is 0 Å². The Balaban J connectivity index is 1.55. The van der Waals surface area contributed by atoms with Gasteiger partial charge in [0, 0.05) is 0 Å². The Bertz CT molecular complexity index is 532. The highest BCUT2D eigenvalue weighted by atomic mass is 35.5. The summed E-state index contributed by atoms with van der Waals surface area (Å²) in [6.45, 7) is 0. The van der Waals surface area contributed by atoms with Gasteiger partial charge in [0.05, 0.1) is 5.38 Å². The van der Waals surface area contributed by atoms with Crippen molar-refractivity contribution in [3.05, 3.63) is 71.3 Å². The van der Waals surface area contributed by atoms with E-state index in [9.17, 15) is 0 Å². The molecule has 0 heterocycles. The largest absolute Gasteiger partial charge is 0.117 e. The second-order valence-corrected chi connectivity index (χ2v) is 5.91. The molecule has 1 heteroatoms. The van der Waals surface area contributed by atoms with E-state index in [4.69, 9.17) is 11.6 Å². The van der Waals surface area contributed by atoms with Crippen LogP contribution < -0.4 is 0 Å². The minimum atomic E-state index is 0.215. The third kappa shape index (κ3) is 2.84. The molecule has 3 rings (SSSR count). The summed E-state index contributed by atoms with van der Waals surface area (Å²) in [5, 5.41) is 0.215. The second-order valence-electron chi connectivity index (χ2n) is 5.44. The third-order valence-corrected chi connectivity index (χ3v) is 4.72. The molecule has 0 amide bonds. The van der Waals surface area contributed by atoms with Crippen LogP contribution in [0.5, 0.6) is 0 Å². The molecule has 2 aromatic rings. The fourth-order valence-corrected chi connectivity index (χ4v) is 3.52. The van der Waals surface area contributed by atoms with Gasteiger partial charge in [-0.3, -0.25) is 0 Å². The Kier molecular flexibility index (Phi) is 3.89. The molecule has 0 bridgehead atoms. The van der Waals surface area contributed by atoms with E-state index in [1.807, 2.05) is 0 Å². The molecule has 0 spiro atoms.